The van der Waals surface area contributed by atoms with E-state index in [0.717, 1.165) is 140 Å². The minimum absolute atomic E-state index is 0. The number of fused-ring (bicyclic) bond motifs is 8. The summed E-state index contributed by atoms with van der Waals surface area (Å²) in [5.41, 5.74) is 28.7. The molecule has 4 unspecified atom stereocenters. The molecule has 5 heteroatoms. The van der Waals surface area contributed by atoms with Crippen LogP contribution in [0.1, 0.15) is 116 Å². The number of aromatic nitrogens is 4. The van der Waals surface area contributed by atoms with E-state index in [0.29, 0.717) is 0 Å². The zero-order chi connectivity index (χ0) is 59.9. The third-order valence-corrected chi connectivity index (χ3v) is 22.4. The molecule has 4 atom stereocenters. The van der Waals surface area contributed by atoms with E-state index in [9.17, 15) is 0 Å². The van der Waals surface area contributed by atoms with Crippen LogP contribution in [0.25, 0.3) is 132 Å². The molecule has 0 fully saturated rings. The second-order valence-corrected chi connectivity index (χ2v) is 27.0. The normalized spacial score (nSPS) is 17.5. The molecule has 21 rings (SSSR count). The van der Waals surface area contributed by atoms with Crippen LogP contribution in [0.3, 0.4) is 0 Å². The van der Waals surface area contributed by atoms with E-state index >= 15 is 0 Å². The monoisotopic (exact) mass is 1370 g/mol. The third kappa shape index (κ3) is 7.89. The molecule has 0 saturated carbocycles. The van der Waals surface area contributed by atoms with Gasteiger partial charge in [-0.05, 0) is 231 Å². The molecular weight excluding hydrogens is 1310 g/mol. The van der Waals surface area contributed by atoms with Crippen molar-refractivity contribution in [1.82, 2.24) is 19.9 Å². The smallest absolute Gasteiger partial charge is 0.656 e. The first-order valence-electron chi connectivity index (χ1n) is 33.4. The molecule has 2 aromatic heterocycles. The minimum atomic E-state index is 0. The molecule has 0 spiro atoms. The maximum Gasteiger partial charge on any atom is 2.00 e. The number of hydrogen-bond donors (Lipinski definition) is 0. The summed E-state index contributed by atoms with van der Waals surface area (Å²) in [6.07, 6.45) is 7.69. The molecule has 4 nitrogen and oxygen atoms in total. The summed E-state index contributed by atoms with van der Waals surface area (Å²) >= 11 is 0. The summed E-state index contributed by atoms with van der Waals surface area (Å²) in [5.74, 6) is 0.0162. The fourth-order valence-electron chi connectivity index (χ4n) is 18.3. The largest absolute Gasteiger partial charge is 2.00 e. The fourth-order valence-corrected chi connectivity index (χ4v) is 18.3. The Kier molecular flexibility index (Phi) is 11.8. The number of hydrogen-bond acceptors (Lipinski definition) is 2. The predicted molar refractivity (Wildman–Crippen MR) is 379 cm³/mol. The zero-order valence-electron chi connectivity index (χ0n) is 51.2. The molecule has 0 N–H and O–H groups in total. The van der Waals surface area contributed by atoms with Crippen LogP contribution >= 0.6 is 0 Å². The van der Waals surface area contributed by atoms with E-state index in [1.54, 1.807) is 0 Å². The van der Waals surface area contributed by atoms with Gasteiger partial charge in [0.15, 0.2) is 0 Å². The Morgan fingerprint density at radius 2 is 0.452 bits per heavy atom. The molecule has 5 aliphatic carbocycles. The predicted octanol–water partition coefficient (Wildman–Crippen LogP) is 21.5. The van der Waals surface area contributed by atoms with Crippen LogP contribution in [0.5, 0.6) is 0 Å². The summed E-state index contributed by atoms with van der Waals surface area (Å²) in [4.78, 5) is 26.0. The van der Waals surface area contributed by atoms with Gasteiger partial charge >= 0.3 is 21.1 Å². The third-order valence-electron chi connectivity index (χ3n) is 22.4. The van der Waals surface area contributed by atoms with Gasteiger partial charge in [0.25, 0.3) is 0 Å². The standard InChI is InChI=1S/C88H60N4.Pt/c1-2-22-54-42-70-69(41-53(54)21-1)81-77(65-37-33-49-17-9-13-29-61(49)65)83-71-43-55-23-3-4-24-56(55)44-72(71)85(90-83)79(67-39-35-51-19-11-15-31-63(51)67)87-75-47-59-27-7-8-28-60(59)48-76(75)88(92-87)80(68-40-36-52-20-12-16-32-64(52)68)86-74-46-58-26-6-5-25-57(58)45-73(74)84(91-86)78(82(70)89-81)66-38-34-50-18-10-14-30-62(50)66;/h1-32,41-48,65-68H,33-40H2;/q-2;+2. The van der Waals surface area contributed by atoms with Gasteiger partial charge in [-0.15, -0.1) is 22.1 Å². The van der Waals surface area contributed by atoms with Crippen molar-refractivity contribution in [2.75, 3.05) is 0 Å². The first kappa shape index (κ1) is 53.6. The van der Waals surface area contributed by atoms with Crippen molar-refractivity contribution < 1.29 is 21.1 Å². The molecule has 0 amide bonds. The van der Waals surface area contributed by atoms with Crippen molar-refractivity contribution in [1.29, 1.82) is 0 Å². The summed E-state index contributed by atoms with van der Waals surface area (Å²) in [6, 6.07) is 92.6. The van der Waals surface area contributed by atoms with Crippen LogP contribution in [0, 0.1) is 0 Å². The van der Waals surface area contributed by atoms with E-state index in [-0.39, 0.29) is 44.7 Å². The SMILES string of the molecule is [Pt+2].c1ccc2c(c1)CCC2c1c2nc(c(C3CCc4ccccc43)c3[n-]c(c(C4CCc5ccccc54)c4nc(c(C5CCc6ccccc65)c5[n-]c1c1cc6ccccc6cc51)-c1cc5ccccc5cc1-4)c1cc4ccccc4cc31)-c1cc3ccccc3cc1-2. The Hall–Kier alpha value is -9.99. The molecule has 8 bridgehead atoms. The number of nitrogens with zero attached hydrogens (tertiary/aromatic N) is 4. The summed E-state index contributed by atoms with van der Waals surface area (Å²) in [5, 5.41) is 14.3. The number of benzene rings is 12. The Morgan fingerprint density at radius 1 is 0.247 bits per heavy atom. The molecular formula is C88H60N4Pt. The van der Waals surface area contributed by atoms with Gasteiger partial charge in [-0.2, -0.15) is 0 Å². The van der Waals surface area contributed by atoms with Crippen LogP contribution in [0.2, 0.25) is 0 Å². The van der Waals surface area contributed by atoms with Crippen molar-refractivity contribution >= 4 is 86.7 Å². The molecule has 93 heavy (non-hydrogen) atoms. The van der Waals surface area contributed by atoms with Gasteiger partial charge < -0.3 is 9.97 Å². The second kappa shape index (κ2) is 20.5. The molecule has 0 saturated heterocycles. The van der Waals surface area contributed by atoms with Crippen LogP contribution in [0.15, 0.2) is 243 Å². The van der Waals surface area contributed by atoms with Crippen molar-refractivity contribution in [2.24, 2.45) is 0 Å². The van der Waals surface area contributed by atoms with Gasteiger partial charge in [0.2, 0.25) is 0 Å². The number of aryl methyl sites for hydroxylation is 4. The minimum Gasteiger partial charge on any atom is -0.656 e. The molecule has 442 valence electrons. The molecule has 2 aliphatic heterocycles. The molecule has 14 aromatic rings. The van der Waals surface area contributed by atoms with Crippen molar-refractivity contribution in [3.05, 3.63) is 309 Å². The number of rotatable bonds is 4. The van der Waals surface area contributed by atoms with Crippen LogP contribution in [-0.4, -0.2) is 9.97 Å². The van der Waals surface area contributed by atoms with E-state index in [1.165, 1.54) is 110 Å². The molecule has 4 heterocycles. The Balaban J connectivity index is 0.00000597. The van der Waals surface area contributed by atoms with Crippen LogP contribution < -0.4 is 9.97 Å². The van der Waals surface area contributed by atoms with Crippen molar-refractivity contribution in [3.8, 4) is 45.0 Å². The van der Waals surface area contributed by atoms with Gasteiger partial charge in [-0.25, -0.2) is 9.97 Å². The molecule has 12 aromatic carbocycles. The molecule has 7 aliphatic rings. The van der Waals surface area contributed by atoms with Gasteiger partial charge in [0.05, 0.1) is 22.8 Å². The Morgan fingerprint density at radius 3 is 0.688 bits per heavy atom. The average Bonchev–Trinajstić information content (AvgIpc) is 1.56. The van der Waals surface area contributed by atoms with E-state index in [4.69, 9.17) is 19.9 Å². The van der Waals surface area contributed by atoms with Crippen LogP contribution in [0.4, 0.5) is 0 Å². The average molecular weight is 1370 g/mol. The van der Waals surface area contributed by atoms with Crippen LogP contribution in [-0.2, 0) is 46.7 Å². The van der Waals surface area contributed by atoms with Gasteiger partial charge in [-0.1, -0.05) is 194 Å². The molecule has 0 radical (unpaired) electrons. The topological polar surface area (TPSA) is 54.0 Å². The van der Waals surface area contributed by atoms with Crippen molar-refractivity contribution in [2.45, 2.75) is 75.0 Å². The van der Waals surface area contributed by atoms with E-state index < -0.39 is 0 Å². The summed E-state index contributed by atoms with van der Waals surface area (Å²) in [7, 11) is 0. The maximum atomic E-state index is 6.51. The quantitative estimate of drug-likeness (QED) is 0.176. The maximum absolute atomic E-state index is 6.51. The summed E-state index contributed by atoms with van der Waals surface area (Å²) in [6.45, 7) is 0. The van der Waals surface area contributed by atoms with Gasteiger partial charge in [0, 0.05) is 45.9 Å². The Bertz CT molecular complexity index is 5250. The summed E-state index contributed by atoms with van der Waals surface area (Å²) < 4.78 is 0. The second-order valence-electron chi connectivity index (χ2n) is 27.0. The van der Waals surface area contributed by atoms with E-state index in [1.807, 2.05) is 0 Å². The van der Waals surface area contributed by atoms with Gasteiger partial charge in [0.1, 0.15) is 0 Å². The zero-order valence-corrected chi connectivity index (χ0v) is 53.4. The Labute approximate surface area is 553 Å². The van der Waals surface area contributed by atoms with Gasteiger partial charge in [-0.3, -0.25) is 0 Å². The van der Waals surface area contributed by atoms with E-state index in [2.05, 4.69) is 243 Å². The van der Waals surface area contributed by atoms with Crippen molar-refractivity contribution in [3.63, 3.8) is 0 Å². The first-order chi connectivity index (χ1) is 45.6. The first-order valence-corrected chi connectivity index (χ1v) is 33.4. The fraction of sp³-hybridized carbons (Fsp3) is 0.136.